The number of nitrogens with zero attached hydrogens (tertiary/aromatic N) is 3. The van der Waals surface area contributed by atoms with Gasteiger partial charge >= 0.3 is 0 Å². The molecule has 152 valence electrons. The molecule has 2 aromatic rings. The van der Waals surface area contributed by atoms with E-state index < -0.39 is 0 Å². The van der Waals surface area contributed by atoms with E-state index in [1.54, 1.807) is 7.11 Å². The Balaban J connectivity index is 1.52. The van der Waals surface area contributed by atoms with E-state index in [9.17, 15) is 0 Å². The Morgan fingerprint density at radius 2 is 2.00 bits per heavy atom. The third-order valence-electron chi connectivity index (χ3n) is 5.16. The van der Waals surface area contributed by atoms with Crippen molar-refractivity contribution in [2.24, 2.45) is 4.99 Å². The van der Waals surface area contributed by atoms with Crippen LogP contribution in [0.5, 0.6) is 0 Å². The van der Waals surface area contributed by atoms with Gasteiger partial charge in [0.2, 0.25) is 0 Å². The maximum atomic E-state index is 5.17. The molecule has 1 aromatic heterocycles. The molecule has 0 atom stereocenters. The van der Waals surface area contributed by atoms with Crippen LogP contribution >= 0.6 is 11.8 Å². The lowest BCUT2D eigenvalue weighted by molar-refractivity contribution is 0.182. The van der Waals surface area contributed by atoms with E-state index in [1.165, 1.54) is 29.0 Å². The summed E-state index contributed by atoms with van der Waals surface area (Å²) in [4.78, 5) is 5.73. The molecular formula is C21H31N5OS. The van der Waals surface area contributed by atoms with Crippen molar-refractivity contribution >= 4 is 17.7 Å². The zero-order chi connectivity index (χ0) is 20.0. The summed E-state index contributed by atoms with van der Waals surface area (Å²) in [6, 6.07) is 10.6. The SMILES string of the molecule is CN=C(NCc1c(C)nn(CCOC)c1C)NCC1(Sc2ccccc2)CC1. The van der Waals surface area contributed by atoms with Crippen LogP contribution in [0.3, 0.4) is 0 Å². The summed E-state index contributed by atoms with van der Waals surface area (Å²) in [6.45, 7) is 7.23. The number of hydrogen-bond acceptors (Lipinski definition) is 4. The average molecular weight is 402 g/mol. The summed E-state index contributed by atoms with van der Waals surface area (Å²) in [6.07, 6.45) is 2.47. The fraction of sp³-hybridized carbons (Fsp3) is 0.524. The van der Waals surface area contributed by atoms with Gasteiger partial charge in [-0.1, -0.05) is 18.2 Å². The number of methoxy groups -OCH3 is 1. The smallest absolute Gasteiger partial charge is 0.191 e. The molecule has 6 nitrogen and oxygen atoms in total. The van der Waals surface area contributed by atoms with Gasteiger partial charge < -0.3 is 15.4 Å². The molecule has 3 rings (SSSR count). The lowest BCUT2D eigenvalue weighted by atomic mass is 10.2. The molecule has 7 heteroatoms. The average Bonchev–Trinajstić information content (AvgIpc) is 3.41. The third kappa shape index (κ3) is 5.29. The van der Waals surface area contributed by atoms with E-state index in [1.807, 2.05) is 23.5 Å². The Hall–Kier alpha value is -1.99. The van der Waals surface area contributed by atoms with Crippen LogP contribution in [0.15, 0.2) is 40.2 Å². The fourth-order valence-corrected chi connectivity index (χ4v) is 4.46. The van der Waals surface area contributed by atoms with Gasteiger partial charge in [0.25, 0.3) is 0 Å². The molecule has 0 spiro atoms. The highest BCUT2D eigenvalue weighted by atomic mass is 32.2. The van der Waals surface area contributed by atoms with Crippen LogP contribution in [0.1, 0.15) is 29.8 Å². The molecule has 0 aliphatic heterocycles. The Kier molecular flexibility index (Phi) is 7.02. The molecule has 1 aliphatic rings. The Morgan fingerprint density at radius 1 is 1.25 bits per heavy atom. The van der Waals surface area contributed by atoms with E-state index in [4.69, 9.17) is 4.74 Å². The first-order valence-corrected chi connectivity index (χ1v) is 10.6. The van der Waals surface area contributed by atoms with Gasteiger partial charge in [-0.3, -0.25) is 9.67 Å². The molecular weight excluding hydrogens is 370 g/mol. The van der Waals surface area contributed by atoms with Crippen LogP contribution in [0.4, 0.5) is 0 Å². The number of aryl methyl sites for hydroxylation is 1. The maximum absolute atomic E-state index is 5.17. The van der Waals surface area contributed by atoms with Crippen molar-refractivity contribution in [1.29, 1.82) is 0 Å². The molecule has 1 saturated carbocycles. The van der Waals surface area contributed by atoms with Gasteiger partial charge in [0.1, 0.15) is 0 Å². The van der Waals surface area contributed by atoms with Gasteiger partial charge in [-0.25, -0.2) is 0 Å². The quantitative estimate of drug-likeness (QED) is 0.499. The van der Waals surface area contributed by atoms with Gasteiger partial charge in [-0.15, -0.1) is 11.8 Å². The van der Waals surface area contributed by atoms with Crippen LogP contribution in [0, 0.1) is 13.8 Å². The highest BCUT2D eigenvalue weighted by molar-refractivity contribution is 8.01. The number of nitrogens with one attached hydrogen (secondary N) is 2. The zero-order valence-corrected chi connectivity index (χ0v) is 18.1. The standard InChI is InChI=1S/C21H31N5OS/c1-16-19(17(2)26(25-16)12-13-27-4)14-23-20(22-3)24-15-21(10-11-21)28-18-8-6-5-7-9-18/h5-9H,10-15H2,1-4H3,(H2,22,23,24). The Morgan fingerprint density at radius 3 is 2.64 bits per heavy atom. The van der Waals surface area contributed by atoms with Crippen molar-refractivity contribution < 1.29 is 4.74 Å². The largest absolute Gasteiger partial charge is 0.383 e. The van der Waals surface area contributed by atoms with Gasteiger partial charge in [-0.2, -0.15) is 5.10 Å². The van der Waals surface area contributed by atoms with Crippen molar-refractivity contribution in [3.63, 3.8) is 0 Å². The predicted octanol–water partition coefficient (Wildman–Crippen LogP) is 3.14. The van der Waals surface area contributed by atoms with Gasteiger partial charge in [0, 0.05) is 48.1 Å². The second kappa shape index (κ2) is 9.47. The first kappa shape index (κ1) is 20.7. The van der Waals surface area contributed by atoms with Crippen molar-refractivity contribution in [3.05, 3.63) is 47.3 Å². The molecule has 1 heterocycles. The summed E-state index contributed by atoms with van der Waals surface area (Å²) in [7, 11) is 3.54. The fourth-order valence-electron chi connectivity index (χ4n) is 3.22. The minimum atomic E-state index is 0.288. The number of thioether (sulfide) groups is 1. The maximum Gasteiger partial charge on any atom is 0.191 e. The van der Waals surface area contributed by atoms with E-state index in [0.717, 1.165) is 24.7 Å². The highest BCUT2D eigenvalue weighted by Gasteiger charge is 2.43. The summed E-state index contributed by atoms with van der Waals surface area (Å²) < 4.78 is 7.47. The first-order chi connectivity index (χ1) is 13.6. The van der Waals surface area contributed by atoms with Gasteiger partial charge in [0.15, 0.2) is 5.96 Å². The molecule has 2 N–H and O–H groups in total. The number of aromatic nitrogens is 2. The van der Waals surface area contributed by atoms with Crippen molar-refractivity contribution in [1.82, 2.24) is 20.4 Å². The summed E-state index contributed by atoms with van der Waals surface area (Å²) >= 11 is 1.97. The van der Waals surface area contributed by atoms with Gasteiger partial charge in [-0.05, 0) is 38.8 Å². The van der Waals surface area contributed by atoms with Crippen LogP contribution in [-0.4, -0.2) is 47.8 Å². The molecule has 28 heavy (non-hydrogen) atoms. The molecule has 0 unspecified atom stereocenters. The van der Waals surface area contributed by atoms with Crippen LogP contribution in [-0.2, 0) is 17.8 Å². The monoisotopic (exact) mass is 401 g/mol. The lowest BCUT2D eigenvalue weighted by Gasteiger charge is -2.18. The second-order valence-electron chi connectivity index (χ2n) is 7.24. The van der Waals surface area contributed by atoms with Crippen molar-refractivity contribution in [3.8, 4) is 0 Å². The lowest BCUT2D eigenvalue weighted by Crippen LogP contribution is -2.40. The molecule has 0 saturated heterocycles. The first-order valence-electron chi connectivity index (χ1n) is 9.77. The zero-order valence-electron chi connectivity index (χ0n) is 17.3. The molecule has 1 fully saturated rings. The van der Waals surface area contributed by atoms with Crippen molar-refractivity contribution in [2.45, 2.75) is 49.4 Å². The number of aliphatic imine (C=N–C) groups is 1. The molecule has 0 bridgehead atoms. The van der Waals surface area contributed by atoms with E-state index in [-0.39, 0.29) is 4.75 Å². The number of ether oxygens (including phenoxy) is 1. The van der Waals surface area contributed by atoms with E-state index in [2.05, 4.69) is 64.9 Å². The molecule has 0 amide bonds. The van der Waals surface area contributed by atoms with Crippen molar-refractivity contribution in [2.75, 3.05) is 27.3 Å². The molecule has 0 radical (unpaired) electrons. The predicted molar refractivity (Wildman–Crippen MR) is 116 cm³/mol. The van der Waals surface area contributed by atoms with Gasteiger partial charge in [0.05, 0.1) is 18.8 Å². The second-order valence-corrected chi connectivity index (χ2v) is 8.78. The van der Waals surface area contributed by atoms with Crippen LogP contribution in [0.25, 0.3) is 0 Å². The number of hydrogen-bond donors (Lipinski definition) is 2. The minimum absolute atomic E-state index is 0.288. The van der Waals surface area contributed by atoms with E-state index in [0.29, 0.717) is 13.2 Å². The Labute approximate surface area is 172 Å². The summed E-state index contributed by atoms with van der Waals surface area (Å²) in [5.41, 5.74) is 3.45. The van der Waals surface area contributed by atoms with Crippen LogP contribution in [0.2, 0.25) is 0 Å². The van der Waals surface area contributed by atoms with Crippen LogP contribution < -0.4 is 10.6 Å². The molecule has 1 aromatic carbocycles. The Bertz CT molecular complexity index is 799. The van der Waals surface area contributed by atoms with E-state index >= 15 is 0 Å². The number of benzene rings is 1. The normalized spacial score (nSPS) is 15.5. The topological polar surface area (TPSA) is 63.5 Å². The summed E-state index contributed by atoms with van der Waals surface area (Å²) in [5.74, 6) is 0.836. The minimum Gasteiger partial charge on any atom is -0.383 e. The number of rotatable bonds is 9. The number of guanidine groups is 1. The molecule has 1 aliphatic carbocycles. The summed E-state index contributed by atoms with van der Waals surface area (Å²) in [5, 5.41) is 11.6. The highest BCUT2D eigenvalue weighted by Crippen LogP contribution is 2.51. The third-order valence-corrected chi connectivity index (χ3v) is 6.65.